The van der Waals surface area contributed by atoms with Crippen LogP contribution in [0.3, 0.4) is 0 Å². The Bertz CT molecular complexity index is 827. The average molecular weight is 348 g/mol. The third-order valence-corrected chi connectivity index (χ3v) is 3.64. The van der Waals surface area contributed by atoms with E-state index >= 15 is 0 Å². The molecule has 0 aliphatic heterocycles. The minimum absolute atomic E-state index is 0.174. The average Bonchev–Trinajstić information content (AvgIpc) is 2.81. The van der Waals surface area contributed by atoms with Gasteiger partial charge in [-0.2, -0.15) is 0 Å². The van der Waals surface area contributed by atoms with E-state index in [1.54, 1.807) is 18.3 Å². The van der Waals surface area contributed by atoms with Crippen molar-refractivity contribution >= 4 is 33.2 Å². The predicted molar refractivity (Wildman–Crippen MR) is 82.6 cm³/mol. The molecule has 0 radical (unpaired) electrons. The van der Waals surface area contributed by atoms with E-state index in [1.165, 1.54) is 19.1 Å². The van der Waals surface area contributed by atoms with Gasteiger partial charge in [0.1, 0.15) is 10.4 Å². The number of anilines is 1. The van der Waals surface area contributed by atoms with Crippen LogP contribution in [0.5, 0.6) is 0 Å². The quantitative estimate of drug-likeness (QED) is 0.764. The molecule has 0 spiro atoms. The van der Waals surface area contributed by atoms with Crippen molar-refractivity contribution in [3.63, 3.8) is 0 Å². The van der Waals surface area contributed by atoms with Crippen molar-refractivity contribution in [3.05, 3.63) is 53.1 Å². The van der Waals surface area contributed by atoms with Crippen LogP contribution in [0.15, 0.2) is 47.3 Å². The van der Waals surface area contributed by atoms with Crippen molar-refractivity contribution in [2.24, 2.45) is 0 Å². The third-order valence-electron chi connectivity index (χ3n) is 3.05. The number of amides is 1. The molecule has 3 rings (SSSR count). The van der Waals surface area contributed by atoms with Crippen molar-refractivity contribution < 1.29 is 9.18 Å². The Labute approximate surface area is 128 Å². The Morgan fingerprint density at radius 2 is 2.00 bits per heavy atom. The first-order valence-electron chi connectivity index (χ1n) is 6.25. The smallest absolute Gasteiger partial charge is 0.221 e. The Kier molecular flexibility index (Phi) is 3.47. The summed E-state index contributed by atoms with van der Waals surface area (Å²) in [5.74, 6) is -0.460. The van der Waals surface area contributed by atoms with E-state index < -0.39 is 0 Å². The van der Waals surface area contributed by atoms with E-state index in [9.17, 15) is 9.18 Å². The molecular formula is C15H11BrFN3O. The number of hydrogen-bond acceptors (Lipinski definition) is 2. The molecule has 1 N–H and O–H groups in total. The van der Waals surface area contributed by atoms with Gasteiger partial charge >= 0.3 is 0 Å². The molecule has 0 saturated carbocycles. The molecule has 0 saturated heterocycles. The monoisotopic (exact) mass is 347 g/mol. The summed E-state index contributed by atoms with van der Waals surface area (Å²) in [4.78, 5) is 15.6. The Morgan fingerprint density at radius 1 is 1.29 bits per heavy atom. The lowest BCUT2D eigenvalue weighted by molar-refractivity contribution is -0.114. The number of aromatic nitrogens is 2. The molecule has 2 heterocycles. The lowest BCUT2D eigenvalue weighted by Gasteiger charge is -2.09. The van der Waals surface area contributed by atoms with E-state index in [0.29, 0.717) is 11.3 Å². The molecular weight excluding hydrogens is 337 g/mol. The van der Waals surface area contributed by atoms with Gasteiger partial charge in [-0.05, 0) is 39.7 Å². The summed E-state index contributed by atoms with van der Waals surface area (Å²) < 4.78 is 15.6. The van der Waals surface area contributed by atoms with Crippen molar-refractivity contribution in [3.8, 4) is 11.1 Å². The second kappa shape index (κ2) is 5.29. The van der Waals surface area contributed by atoms with Crippen LogP contribution in [0.25, 0.3) is 16.8 Å². The Hall–Kier alpha value is -2.21. The first-order chi connectivity index (χ1) is 10.0. The zero-order valence-electron chi connectivity index (χ0n) is 11.1. The number of nitrogens with zero attached hydrogens (tertiary/aromatic N) is 2. The highest BCUT2D eigenvalue weighted by Gasteiger charge is 2.11. The van der Waals surface area contributed by atoms with Gasteiger partial charge in [-0.25, -0.2) is 9.37 Å². The van der Waals surface area contributed by atoms with Crippen LogP contribution in [-0.2, 0) is 4.79 Å². The number of hydrogen-bond donors (Lipinski definition) is 1. The molecule has 21 heavy (non-hydrogen) atoms. The van der Waals surface area contributed by atoms with Gasteiger partial charge in [0, 0.05) is 18.7 Å². The third kappa shape index (κ3) is 2.67. The van der Waals surface area contributed by atoms with Gasteiger partial charge in [0.05, 0.1) is 11.9 Å². The highest BCUT2D eigenvalue weighted by atomic mass is 79.9. The fourth-order valence-corrected chi connectivity index (χ4v) is 2.51. The Balaban J connectivity index is 2.21. The van der Waals surface area contributed by atoms with Gasteiger partial charge < -0.3 is 5.32 Å². The normalized spacial score (nSPS) is 10.8. The molecule has 106 valence electrons. The number of nitrogens with one attached hydrogen (secondary N) is 1. The van der Waals surface area contributed by atoms with Crippen molar-refractivity contribution in [1.29, 1.82) is 0 Å². The van der Waals surface area contributed by atoms with Gasteiger partial charge in [0.2, 0.25) is 5.91 Å². The molecule has 3 aromatic rings. The standard InChI is InChI=1S/C15H11BrFN3O/c1-9(21)19-13-6-11(10-2-4-12(17)5-3-10)8-20-14(16)7-18-15(13)20/h2-8H,1H3,(H,19,21). The second-order valence-corrected chi connectivity index (χ2v) is 5.42. The van der Waals surface area contributed by atoms with E-state index in [-0.39, 0.29) is 11.7 Å². The molecule has 0 unspecified atom stereocenters. The predicted octanol–water partition coefficient (Wildman–Crippen LogP) is 3.86. The second-order valence-electron chi connectivity index (χ2n) is 4.61. The molecule has 0 aliphatic rings. The fourth-order valence-electron chi connectivity index (χ4n) is 2.14. The number of halogens is 2. The van der Waals surface area contributed by atoms with Crippen LogP contribution in [-0.4, -0.2) is 15.3 Å². The molecule has 0 fully saturated rings. The van der Waals surface area contributed by atoms with Gasteiger partial charge in [-0.1, -0.05) is 12.1 Å². The first kappa shape index (κ1) is 13.8. The SMILES string of the molecule is CC(=O)Nc1cc(-c2ccc(F)cc2)cn2c(Br)cnc12. The molecule has 4 nitrogen and oxygen atoms in total. The fraction of sp³-hybridized carbons (Fsp3) is 0.0667. The summed E-state index contributed by atoms with van der Waals surface area (Å²) in [6.45, 7) is 1.44. The molecule has 1 aromatic carbocycles. The number of benzene rings is 1. The van der Waals surface area contributed by atoms with Gasteiger partial charge in [0.25, 0.3) is 0 Å². The van der Waals surface area contributed by atoms with Crippen molar-refractivity contribution in [1.82, 2.24) is 9.38 Å². The Morgan fingerprint density at radius 3 is 2.67 bits per heavy atom. The summed E-state index contributed by atoms with van der Waals surface area (Å²) in [5, 5.41) is 2.77. The van der Waals surface area contributed by atoms with Crippen molar-refractivity contribution in [2.75, 3.05) is 5.32 Å². The topological polar surface area (TPSA) is 46.4 Å². The highest BCUT2D eigenvalue weighted by molar-refractivity contribution is 9.10. The van der Waals surface area contributed by atoms with Crippen LogP contribution >= 0.6 is 15.9 Å². The van der Waals surface area contributed by atoms with E-state index in [1.807, 2.05) is 16.7 Å². The van der Waals surface area contributed by atoms with Crippen LogP contribution in [0.4, 0.5) is 10.1 Å². The number of carbonyl (C=O) groups excluding carboxylic acids is 1. The molecule has 0 atom stereocenters. The summed E-state index contributed by atoms with van der Waals surface area (Å²) in [5.41, 5.74) is 2.95. The maximum Gasteiger partial charge on any atom is 0.221 e. The largest absolute Gasteiger partial charge is 0.323 e. The van der Waals surface area contributed by atoms with Crippen LogP contribution < -0.4 is 5.32 Å². The zero-order chi connectivity index (χ0) is 15.0. The summed E-state index contributed by atoms with van der Waals surface area (Å²) >= 11 is 3.41. The number of fused-ring (bicyclic) bond motifs is 1. The minimum atomic E-state index is -0.286. The first-order valence-corrected chi connectivity index (χ1v) is 7.04. The van der Waals surface area contributed by atoms with Crippen LogP contribution in [0.2, 0.25) is 0 Å². The zero-order valence-corrected chi connectivity index (χ0v) is 12.7. The molecule has 1 amide bonds. The van der Waals surface area contributed by atoms with Gasteiger partial charge in [-0.15, -0.1) is 0 Å². The lowest BCUT2D eigenvalue weighted by Crippen LogP contribution is -2.07. The van der Waals surface area contributed by atoms with Crippen molar-refractivity contribution in [2.45, 2.75) is 6.92 Å². The lowest BCUT2D eigenvalue weighted by atomic mass is 10.1. The number of imidazole rings is 1. The molecule has 0 bridgehead atoms. The van der Waals surface area contributed by atoms with E-state index in [4.69, 9.17) is 0 Å². The molecule has 2 aromatic heterocycles. The molecule has 0 aliphatic carbocycles. The van der Waals surface area contributed by atoms with Gasteiger partial charge in [0.15, 0.2) is 5.65 Å². The summed E-state index contributed by atoms with van der Waals surface area (Å²) in [7, 11) is 0. The maximum absolute atomic E-state index is 13.0. The van der Waals surface area contributed by atoms with Gasteiger partial charge in [-0.3, -0.25) is 9.20 Å². The summed E-state index contributed by atoms with van der Waals surface area (Å²) in [6.07, 6.45) is 3.54. The van der Waals surface area contributed by atoms with E-state index in [0.717, 1.165) is 15.7 Å². The number of rotatable bonds is 2. The van der Waals surface area contributed by atoms with E-state index in [2.05, 4.69) is 26.2 Å². The number of pyridine rings is 1. The maximum atomic E-state index is 13.0. The minimum Gasteiger partial charge on any atom is -0.323 e. The van der Waals surface area contributed by atoms with Crippen LogP contribution in [0.1, 0.15) is 6.92 Å². The number of carbonyl (C=O) groups is 1. The van der Waals surface area contributed by atoms with Crippen LogP contribution in [0, 0.1) is 5.82 Å². The highest BCUT2D eigenvalue weighted by Crippen LogP contribution is 2.28. The summed E-state index contributed by atoms with van der Waals surface area (Å²) in [6, 6.07) is 8.02. The molecule has 6 heteroatoms.